The Labute approximate surface area is 131 Å². The molecule has 0 aromatic heterocycles. The van der Waals surface area contributed by atoms with Gasteiger partial charge in [-0.2, -0.15) is 8.78 Å². The molecular formula is C15H13Cl2F2NO. The maximum atomic E-state index is 12.1. The molecular weight excluding hydrogens is 319 g/mol. The average molecular weight is 332 g/mol. The molecule has 0 saturated heterocycles. The third kappa shape index (κ3) is 4.22. The number of nitrogens with one attached hydrogen (secondary N) is 1. The van der Waals surface area contributed by atoms with Crippen LogP contribution in [0.2, 0.25) is 10.0 Å². The Kier molecular flexibility index (Phi) is 5.26. The van der Waals surface area contributed by atoms with Crippen molar-refractivity contribution in [1.82, 2.24) is 0 Å². The van der Waals surface area contributed by atoms with Crippen LogP contribution in [0.1, 0.15) is 18.5 Å². The Bertz CT molecular complexity index is 605. The molecule has 0 heterocycles. The van der Waals surface area contributed by atoms with Crippen LogP contribution < -0.4 is 10.1 Å². The number of anilines is 1. The van der Waals surface area contributed by atoms with Crippen molar-refractivity contribution in [3.8, 4) is 5.75 Å². The van der Waals surface area contributed by atoms with Crippen molar-refractivity contribution in [3.63, 3.8) is 0 Å². The Hall–Kier alpha value is -1.52. The summed E-state index contributed by atoms with van der Waals surface area (Å²) in [6.45, 7) is -0.892. The van der Waals surface area contributed by atoms with E-state index in [1.54, 1.807) is 24.3 Å². The van der Waals surface area contributed by atoms with E-state index in [1.165, 1.54) is 12.1 Å². The zero-order valence-corrected chi connectivity index (χ0v) is 12.6. The quantitative estimate of drug-likeness (QED) is 0.751. The van der Waals surface area contributed by atoms with Crippen LogP contribution in [0.4, 0.5) is 14.5 Å². The normalized spacial score (nSPS) is 12.3. The van der Waals surface area contributed by atoms with Gasteiger partial charge in [-0.05, 0) is 36.8 Å². The highest BCUT2D eigenvalue weighted by Crippen LogP contribution is 2.32. The van der Waals surface area contributed by atoms with Crippen molar-refractivity contribution < 1.29 is 13.5 Å². The summed E-state index contributed by atoms with van der Waals surface area (Å²) in [6, 6.07) is 11.7. The number of rotatable bonds is 5. The SMILES string of the molecule is CC(Nc1cccc(Cl)c1Cl)c1ccc(OC(F)F)cc1. The van der Waals surface area contributed by atoms with E-state index in [-0.39, 0.29) is 11.8 Å². The lowest BCUT2D eigenvalue weighted by molar-refractivity contribution is -0.0498. The molecule has 0 fully saturated rings. The Morgan fingerprint density at radius 3 is 2.33 bits per heavy atom. The van der Waals surface area contributed by atoms with Crippen molar-refractivity contribution in [1.29, 1.82) is 0 Å². The molecule has 2 aromatic rings. The fourth-order valence-corrected chi connectivity index (χ4v) is 2.22. The minimum atomic E-state index is -2.82. The molecule has 6 heteroatoms. The average Bonchev–Trinajstić information content (AvgIpc) is 2.44. The molecule has 1 N–H and O–H groups in total. The second kappa shape index (κ2) is 6.96. The Morgan fingerprint density at radius 2 is 1.71 bits per heavy atom. The van der Waals surface area contributed by atoms with Crippen molar-refractivity contribution in [3.05, 3.63) is 58.1 Å². The highest BCUT2D eigenvalue weighted by atomic mass is 35.5. The lowest BCUT2D eigenvalue weighted by Gasteiger charge is -2.17. The van der Waals surface area contributed by atoms with Crippen LogP contribution in [-0.2, 0) is 0 Å². The number of ether oxygens (including phenoxy) is 1. The molecule has 0 spiro atoms. The number of hydrogen-bond donors (Lipinski definition) is 1. The summed E-state index contributed by atoms with van der Waals surface area (Å²) in [5.74, 6) is 0.127. The van der Waals surface area contributed by atoms with Crippen LogP contribution >= 0.6 is 23.2 Å². The predicted octanol–water partition coefficient (Wildman–Crippen LogP) is 5.77. The van der Waals surface area contributed by atoms with E-state index in [0.29, 0.717) is 15.7 Å². The molecule has 2 rings (SSSR count). The molecule has 2 nitrogen and oxygen atoms in total. The summed E-state index contributed by atoms with van der Waals surface area (Å²) in [6.07, 6.45) is 0. The molecule has 112 valence electrons. The fraction of sp³-hybridized carbons (Fsp3) is 0.200. The zero-order chi connectivity index (χ0) is 15.4. The van der Waals surface area contributed by atoms with E-state index in [1.807, 2.05) is 13.0 Å². The third-order valence-electron chi connectivity index (χ3n) is 2.93. The first-order chi connectivity index (χ1) is 9.97. The summed E-state index contributed by atoms with van der Waals surface area (Å²) in [4.78, 5) is 0. The molecule has 21 heavy (non-hydrogen) atoms. The van der Waals surface area contributed by atoms with Crippen LogP contribution in [0.5, 0.6) is 5.75 Å². The molecule has 0 saturated carbocycles. The van der Waals surface area contributed by atoms with Crippen LogP contribution in [0.3, 0.4) is 0 Å². The van der Waals surface area contributed by atoms with Crippen LogP contribution in [0.15, 0.2) is 42.5 Å². The maximum absolute atomic E-state index is 12.1. The smallest absolute Gasteiger partial charge is 0.387 e. The van der Waals surface area contributed by atoms with Crippen LogP contribution in [-0.4, -0.2) is 6.61 Å². The molecule has 0 bridgehead atoms. The van der Waals surface area contributed by atoms with Gasteiger partial charge in [0.15, 0.2) is 0 Å². The number of halogens is 4. The van der Waals surface area contributed by atoms with E-state index in [0.717, 1.165) is 5.56 Å². The first kappa shape index (κ1) is 15.9. The molecule has 0 radical (unpaired) electrons. The third-order valence-corrected chi connectivity index (χ3v) is 3.75. The number of hydrogen-bond acceptors (Lipinski definition) is 2. The van der Waals surface area contributed by atoms with E-state index in [9.17, 15) is 8.78 Å². The summed E-state index contributed by atoms with van der Waals surface area (Å²) >= 11 is 12.1. The zero-order valence-electron chi connectivity index (χ0n) is 11.1. The van der Waals surface area contributed by atoms with Gasteiger partial charge in [-0.3, -0.25) is 0 Å². The van der Waals surface area contributed by atoms with E-state index in [2.05, 4.69) is 10.1 Å². The van der Waals surface area contributed by atoms with Crippen molar-refractivity contribution in [2.24, 2.45) is 0 Å². The lowest BCUT2D eigenvalue weighted by atomic mass is 10.1. The van der Waals surface area contributed by atoms with Crippen molar-refractivity contribution >= 4 is 28.9 Å². The van der Waals surface area contributed by atoms with Gasteiger partial charge in [0.2, 0.25) is 0 Å². The Morgan fingerprint density at radius 1 is 1.05 bits per heavy atom. The van der Waals surface area contributed by atoms with Crippen molar-refractivity contribution in [2.75, 3.05) is 5.32 Å². The highest BCUT2D eigenvalue weighted by Gasteiger charge is 2.10. The summed E-state index contributed by atoms with van der Waals surface area (Å²) in [7, 11) is 0. The maximum Gasteiger partial charge on any atom is 0.387 e. The fourth-order valence-electron chi connectivity index (χ4n) is 1.87. The first-order valence-corrected chi connectivity index (χ1v) is 6.98. The largest absolute Gasteiger partial charge is 0.435 e. The van der Waals surface area contributed by atoms with E-state index in [4.69, 9.17) is 23.2 Å². The Balaban J connectivity index is 2.09. The second-order valence-corrected chi connectivity index (χ2v) is 5.20. The number of benzene rings is 2. The van der Waals surface area contributed by atoms with Gasteiger partial charge in [0.05, 0.1) is 15.7 Å². The summed E-state index contributed by atoms with van der Waals surface area (Å²) in [5.41, 5.74) is 1.62. The first-order valence-electron chi connectivity index (χ1n) is 6.22. The van der Waals surface area contributed by atoms with Crippen LogP contribution in [0.25, 0.3) is 0 Å². The van der Waals surface area contributed by atoms with E-state index >= 15 is 0 Å². The summed E-state index contributed by atoms with van der Waals surface area (Å²) in [5, 5.41) is 4.14. The molecule has 0 aliphatic carbocycles. The van der Waals surface area contributed by atoms with Gasteiger partial charge in [-0.25, -0.2) is 0 Å². The number of alkyl halides is 2. The highest BCUT2D eigenvalue weighted by molar-refractivity contribution is 6.43. The van der Waals surface area contributed by atoms with Gasteiger partial charge in [0.25, 0.3) is 0 Å². The monoisotopic (exact) mass is 331 g/mol. The standard InChI is InChI=1S/C15H13Cl2F2NO/c1-9(20-13-4-2-3-12(16)14(13)17)10-5-7-11(8-6-10)21-15(18)19/h2-9,15,20H,1H3. The van der Waals surface area contributed by atoms with E-state index < -0.39 is 6.61 Å². The molecule has 0 amide bonds. The summed E-state index contributed by atoms with van der Waals surface area (Å²) < 4.78 is 28.5. The topological polar surface area (TPSA) is 21.3 Å². The second-order valence-electron chi connectivity index (χ2n) is 4.41. The van der Waals surface area contributed by atoms with Gasteiger partial charge in [-0.1, -0.05) is 41.4 Å². The lowest BCUT2D eigenvalue weighted by Crippen LogP contribution is -2.07. The van der Waals surface area contributed by atoms with Gasteiger partial charge in [0, 0.05) is 6.04 Å². The minimum absolute atomic E-state index is 0.0680. The minimum Gasteiger partial charge on any atom is -0.435 e. The van der Waals surface area contributed by atoms with Gasteiger partial charge < -0.3 is 10.1 Å². The predicted molar refractivity (Wildman–Crippen MR) is 81.6 cm³/mol. The van der Waals surface area contributed by atoms with Crippen molar-refractivity contribution in [2.45, 2.75) is 19.6 Å². The molecule has 1 unspecified atom stereocenters. The molecule has 1 atom stereocenters. The van der Waals surface area contributed by atoms with Gasteiger partial charge >= 0.3 is 6.61 Å². The molecule has 0 aliphatic heterocycles. The molecule has 2 aromatic carbocycles. The van der Waals surface area contributed by atoms with Crippen LogP contribution in [0, 0.1) is 0 Å². The molecule has 0 aliphatic rings. The van der Waals surface area contributed by atoms with Gasteiger partial charge in [0.1, 0.15) is 5.75 Å². The van der Waals surface area contributed by atoms with Gasteiger partial charge in [-0.15, -0.1) is 0 Å².